The van der Waals surface area contributed by atoms with Crippen molar-refractivity contribution in [3.05, 3.63) is 126 Å². The molecule has 49 heavy (non-hydrogen) atoms. The molecule has 0 aliphatic rings. The number of aliphatic hydroxyl groups excluding tert-OH is 2. The normalized spacial score (nSPS) is 13.3. The van der Waals surface area contributed by atoms with E-state index in [0.717, 1.165) is 16.8 Å². The summed E-state index contributed by atoms with van der Waals surface area (Å²) in [7, 11) is 0. The van der Waals surface area contributed by atoms with Crippen LogP contribution in [-0.4, -0.2) is 56.1 Å². The molecular formula is C37H36N6O6. The van der Waals surface area contributed by atoms with E-state index in [1.54, 1.807) is 97.1 Å². The van der Waals surface area contributed by atoms with Crippen LogP contribution < -0.4 is 21.3 Å². The molecule has 7 N–H and O–H groups in total. The van der Waals surface area contributed by atoms with Crippen LogP contribution >= 0.6 is 0 Å². The standard InChI is InChI=1S/C37H36N6O6/c1-22(38-36(48)32(44)26-9-5-3-6-10-26)34(46)40-28-17-13-24(14-18-28)30-21-31(43-42-30)25-15-19-29(20-16-25)41-35(47)23(2)39-37(49)33(45)27-11-7-4-8-12-27/h3-23,32-33,44-45H,1-2H3,(H,38,48)(H,39,49)(H,40,46)(H,41,47)(H,42,43)/t22?,23?,32-,33-/m1/s1. The van der Waals surface area contributed by atoms with Crippen molar-refractivity contribution in [1.82, 2.24) is 20.8 Å². The lowest BCUT2D eigenvalue weighted by molar-refractivity contribution is -0.132. The zero-order valence-electron chi connectivity index (χ0n) is 26.8. The molecule has 4 aromatic carbocycles. The average Bonchev–Trinajstić information content (AvgIpc) is 3.62. The highest BCUT2D eigenvalue weighted by atomic mass is 16.3. The fourth-order valence-electron chi connectivity index (χ4n) is 4.87. The van der Waals surface area contributed by atoms with Crippen LogP contribution in [0.3, 0.4) is 0 Å². The van der Waals surface area contributed by atoms with Gasteiger partial charge in [0.05, 0.1) is 11.4 Å². The van der Waals surface area contributed by atoms with Gasteiger partial charge in [0.15, 0.2) is 12.2 Å². The largest absolute Gasteiger partial charge is 0.378 e. The first-order valence-corrected chi connectivity index (χ1v) is 15.5. The van der Waals surface area contributed by atoms with Gasteiger partial charge in [-0.1, -0.05) is 84.9 Å². The van der Waals surface area contributed by atoms with Gasteiger partial charge >= 0.3 is 0 Å². The van der Waals surface area contributed by atoms with Crippen LogP contribution in [0.1, 0.15) is 37.2 Å². The van der Waals surface area contributed by atoms with Crippen LogP contribution in [0.2, 0.25) is 0 Å². The molecule has 0 fully saturated rings. The fraction of sp³-hybridized carbons (Fsp3) is 0.162. The molecule has 0 saturated carbocycles. The van der Waals surface area contributed by atoms with Crippen molar-refractivity contribution < 1.29 is 29.4 Å². The molecule has 0 saturated heterocycles. The van der Waals surface area contributed by atoms with Crippen molar-refractivity contribution in [2.75, 3.05) is 10.6 Å². The van der Waals surface area contributed by atoms with Gasteiger partial charge in [-0.3, -0.25) is 24.3 Å². The monoisotopic (exact) mass is 660 g/mol. The van der Waals surface area contributed by atoms with Gasteiger partial charge in [-0.05, 0) is 60.9 Å². The Labute approximate surface area is 282 Å². The van der Waals surface area contributed by atoms with E-state index in [4.69, 9.17) is 0 Å². The third-order valence-electron chi connectivity index (χ3n) is 7.72. The maximum Gasteiger partial charge on any atom is 0.254 e. The molecule has 1 aromatic heterocycles. The summed E-state index contributed by atoms with van der Waals surface area (Å²) in [5.74, 6) is -2.22. The van der Waals surface area contributed by atoms with Crippen LogP contribution in [0, 0.1) is 0 Å². The lowest BCUT2D eigenvalue weighted by Crippen LogP contribution is -2.43. The summed E-state index contributed by atoms with van der Waals surface area (Å²) in [5, 5.41) is 38.5. The summed E-state index contributed by atoms with van der Waals surface area (Å²) in [5.41, 5.74) is 4.94. The van der Waals surface area contributed by atoms with Crippen molar-refractivity contribution in [3.63, 3.8) is 0 Å². The first-order chi connectivity index (χ1) is 23.6. The van der Waals surface area contributed by atoms with Crippen LogP contribution in [0.4, 0.5) is 11.4 Å². The molecular weight excluding hydrogens is 624 g/mol. The van der Waals surface area contributed by atoms with Crippen LogP contribution in [0.15, 0.2) is 115 Å². The Morgan fingerprint density at radius 3 is 1.41 bits per heavy atom. The Hall–Kier alpha value is -6.11. The highest BCUT2D eigenvalue weighted by Gasteiger charge is 2.23. The summed E-state index contributed by atoms with van der Waals surface area (Å²) in [6.07, 6.45) is -2.77. The predicted molar refractivity (Wildman–Crippen MR) is 185 cm³/mol. The molecule has 12 nitrogen and oxygen atoms in total. The minimum Gasteiger partial charge on any atom is -0.378 e. The second kappa shape index (κ2) is 15.7. The number of hydrogen-bond donors (Lipinski definition) is 7. The summed E-state index contributed by atoms with van der Waals surface area (Å²) in [6, 6.07) is 31.1. The van der Waals surface area contributed by atoms with E-state index in [-0.39, 0.29) is 0 Å². The highest BCUT2D eigenvalue weighted by Crippen LogP contribution is 2.26. The number of rotatable bonds is 12. The maximum atomic E-state index is 12.7. The SMILES string of the molecule is CC(NC(=O)[C@H](O)c1ccccc1)C(=O)Nc1ccc(-c2cc(-c3ccc(NC(=O)C(C)NC(=O)[C@H](O)c4ccccc4)cc3)[nH]n2)cc1. The number of aliphatic hydroxyl groups is 2. The van der Waals surface area contributed by atoms with E-state index in [1.807, 2.05) is 18.2 Å². The molecule has 0 bridgehead atoms. The number of nitrogens with one attached hydrogen (secondary N) is 5. The Kier molecular flexibility index (Phi) is 10.9. The van der Waals surface area contributed by atoms with Crippen LogP contribution in [0.25, 0.3) is 22.5 Å². The number of aromatic amines is 1. The Balaban J connectivity index is 1.12. The van der Waals surface area contributed by atoms with E-state index in [0.29, 0.717) is 28.2 Å². The number of amides is 4. The van der Waals surface area contributed by atoms with E-state index in [1.165, 1.54) is 13.8 Å². The topological polar surface area (TPSA) is 186 Å². The molecule has 5 aromatic rings. The van der Waals surface area contributed by atoms with E-state index < -0.39 is 47.9 Å². The van der Waals surface area contributed by atoms with Crippen molar-refractivity contribution in [2.24, 2.45) is 0 Å². The quantitative estimate of drug-likeness (QED) is 0.105. The lowest BCUT2D eigenvalue weighted by Gasteiger charge is -2.17. The lowest BCUT2D eigenvalue weighted by atomic mass is 10.1. The summed E-state index contributed by atoms with van der Waals surface area (Å²) in [4.78, 5) is 50.2. The van der Waals surface area contributed by atoms with Crippen molar-refractivity contribution >= 4 is 35.0 Å². The van der Waals surface area contributed by atoms with Crippen molar-refractivity contribution in [1.29, 1.82) is 0 Å². The van der Waals surface area contributed by atoms with Crippen LogP contribution in [0.5, 0.6) is 0 Å². The molecule has 1 heterocycles. The minimum absolute atomic E-state index is 0.432. The van der Waals surface area contributed by atoms with Gasteiger partial charge in [-0.25, -0.2) is 0 Å². The second-order valence-electron chi connectivity index (χ2n) is 11.4. The second-order valence-corrected chi connectivity index (χ2v) is 11.4. The van der Waals surface area contributed by atoms with Gasteiger partial charge in [0.25, 0.3) is 11.8 Å². The molecule has 5 rings (SSSR count). The van der Waals surface area contributed by atoms with Crippen molar-refractivity contribution in [2.45, 2.75) is 38.1 Å². The molecule has 0 aliphatic carbocycles. The highest BCUT2D eigenvalue weighted by molar-refractivity contribution is 5.98. The van der Waals surface area contributed by atoms with Gasteiger partial charge in [-0.2, -0.15) is 5.10 Å². The zero-order valence-corrected chi connectivity index (χ0v) is 26.8. The average molecular weight is 661 g/mol. The van der Waals surface area contributed by atoms with Gasteiger partial charge < -0.3 is 31.5 Å². The molecule has 0 spiro atoms. The van der Waals surface area contributed by atoms with Gasteiger partial charge in [0, 0.05) is 16.9 Å². The first-order valence-electron chi connectivity index (χ1n) is 15.5. The predicted octanol–water partition coefficient (Wildman–Crippen LogP) is 4.10. The number of nitrogens with zero attached hydrogens (tertiary/aromatic N) is 1. The van der Waals surface area contributed by atoms with E-state index in [9.17, 15) is 29.4 Å². The minimum atomic E-state index is -1.38. The first kappa shape index (κ1) is 34.2. The molecule has 4 atom stereocenters. The number of carbonyl (C=O) groups excluding carboxylic acids is 4. The fourth-order valence-corrected chi connectivity index (χ4v) is 4.87. The number of benzene rings is 4. The number of H-pyrrole nitrogens is 1. The molecule has 12 heteroatoms. The van der Waals surface area contributed by atoms with Crippen LogP contribution in [-0.2, 0) is 19.2 Å². The third-order valence-corrected chi connectivity index (χ3v) is 7.72. The Bertz CT molecular complexity index is 1760. The number of carbonyl (C=O) groups is 4. The molecule has 2 unspecified atom stereocenters. The third kappa shape index (κ3) is 8.83. The summed E-state index contributed by atoms with van der Waals surface area (Å²) < 4.78 is 0. The zero-order chi connectivity index (χ0) is 34.9. The van der Waals surface area contributed by atoms with Crippen molar-refractivity contribution in [3.8, 4) is 22.5 Å². The Morgan fingerprint density at radius 1 is 0.571 bits per heavy atom. The molecule has 0 aliphatic heterocycles. The molecule has 0 radical (unpaired) electrons. The smallest absolute Gasteiger partial charge is 0.254 e. The Morgan fingerprint density at radius 2 is 0.980 bits per heavy atom. The van der Waals surface area contributed by atoms with Gasteiger partial charge in [0.2, 0.25) is 11.8 Å². The number of aromatic nitrogens is 2. The number of anilines is 2. The maximum absolute atomic E-state index is 12.7. The van der Waals surface area contributed by atoms with E-state index >= 15 is 0 Å². The summed E-state index contributed by atoms with van der Waals surface area (Å²) in [6.45, 7) is 3.07. The number of hydrogen-bond acceptors (Lipinski definition) is 7. The van der Waals surface area contributed by atoms with Gasteiger partial charge in [0.1, 0.15) is 12.1 Å². The molecule has 250 valence electrons. The summed E-state index contributed by atoms with van der Waals surface area (Å²) >= 11 is 0. The van der Waals surface area contributed by atoms with E-state index in [2.05, 4.69) is 31.5 Å². The molecule has 4 amide bonds. The van der Waals surface area contributed by atoms with Gasteiger partial charge in [-0.15, -0.1) is 0 Å².